The Balaban J connectivity index is 1.28. The van der Waals surface area contributed by atoms with Gasteiger partial charge in [-0.05, 0) is 37.1 Å². The van der Waals surface area contributed by atoms with Gasteiger partial charge in [0.1, 0.15) is 11.9 Å². The maximum absolute atomic E-state index is 12.7. The van der Waals surface area contributed by atoms with Crippen molar-refractivity contribution >= 4 is 17.2 Å². The maximum atomic E-state index is 12.7. The molecular formula is C23H26N4O2S. The van der Waals surface area contributed by atoms with Crippen molar-refractivity contribution < 1.29 is 9.53 Å². The van der Waals surface area contributed by atoms with E-state index in [1.54, 1.807) is 11.3 Å². The van der Waals surface area contributed by atoms with Gasteiger partial charge in [0.25, 0.3) is 5.91 Å². The molecule has 1 N–H and O–H groups in total. The van der Waals surface area contributed by atoms with Crippen LogP contribution in [0.1, 0.15) is 34.6 Å². The number of likely N-dealkylation sites (tertiary alicyclic amines) is 1. The Morgan fingerprint density at radius 3 is 2.70 bits per heavy atom. The van der Waals surface area contributed by atoms with E-state index in [0.29, 0.717) is 17.9 Å². The summed E-state index contributed by atoms with van der Waals surface area (Å²) in [5.41, 5.74) is 4.49. The smallest absolute Gasteiger partial charge is 0.255 e. The topological polar surface area (TPSA) is 67.3 Å². The van der Waals surface area contributed by atoms with Crippen LogP contribution in [0.4, 0.5) is 0 Å². The Hall–Kier alpha value is -2.77. The van der Waals surface area contributed by atoms with Crippen LogP contribution in [0.5, 0.6) is 5.75 Å². The molecule has 3 aromatic rings. The third-order valence-corrected chi connectivity index (χ3v) is 5.86. The van der Waals surface area contributed by atoms with E-state index in [0.717, 1.165) is 50.3 Å². The molecule has 156 valence electrons. The summed E-state index contributed by atoms with van der Waals surface area (Å²) in [6.45, 7) is 3.35. The second-order valence-corrected chi connectivity index (χ2v) is 8.11. The number of pyridine rings is 1. The highest BCUT2D eigenvalue weighted by Crippen LogP contribution is 2.23. The van der Waals surface area contributed by atoms with Gasteiger partial charge in [-0.2, -0.15) is 0 Å². The number of thiazole rings is 1. The summed E-state index contributed by atoms with van der Waals surface area (Å²) < 4.78 is 6.24. The predicted octanol–water partition coefficient (Wildman–Crippen LogP) is 3.55. The molecular weight excluding hydrogens is 396 g/mol. The Kier molecular flexibility index (Phi) is 7.05. The van der Waals surface area contributed by atoms with Crippen molar-refractivity contribution in [2.75, 3.05) is 19.6 Å². The summed E-state index contributed by atoms with van der Waals surface area (Å²) in [4.78, 5) is 23.7. The highest BCUT2D eigenvalue weighted by Gasteiger charge is 2.22. The molecule has 0 unspecified atom stereocenters. The molecule has 3 heterocycles. The monoisotopic (exact) mass is 422 g/mol. The number of hydrogen-bond acceptors (Lipinski definition) is 6. The molecule has 0 bridgehead atoms. The third-order valence-electron chi connectivity index (χ3n) is 5.22. The van der Waals surface area contributed by atoms with E-state index in [1.165, 1.54) is 0 Å². The summed E-state index contributed by atoms with van der Waals surface area (Å²) >= 11 is 1.57. The van der Waals surface area contributed by atoms with Crippen molar-refractivity contribution in [2.24, 2.45) is 0 Å². The SMILES string of the molecule is O=C(NCCc1cscn1)c1ccccc1OC1CCN(Cc2ccccn2)CC1. The zero-order valence-corrected chi connectivity index (χ0v) is 17.7. The first-order valence-corrected chi connectivity index (χ1v) is 11.3. The van der Waals surface area contributed by atoms with E-state index < -0.39 is 0 Å². The summed E-state index contributed by atoms with van der Waals surface area (Å²) in [7, 11) is 0. The molecule has 0 radical (unpaired) electrons. The van der Waals surface area contributed by atoms with E-state index in [9.17, 15) is 4.79 Å². The normalized spacial score (nSPS) is 15.1. The molecule has 0 saturated carbocycles. The molecule has 0 aliphatic carbocycles. The van der Waals surface area contributed by atoms with Gasteiger partial charge in [0, 0.05) is 44.2 Å². The fourth-order valence-corrected chi connectivity index (χ4v) is 4.20. The number of carbonyl (C=O) groups is 1. The molecule has 2 aromatic heterocycles. The van der Waals surface area contributed by atoms with Crippen molar-refractivity contribution in [3.63, 3.8) is 0 Å². The first-order valence-electron chi connectivity index (χ1n) is 10.3. The van der Waals surface area contributed by atoms with E-state index in [4.69, 9.17) is 4.74 Å². The number of nitrogens with zero attached hydrogens (tertiary/aromatic N) is 3. The summed E-state index contributed by atoms with van der Waals surface area (Å²) in [5, 5.41) is 4.98. The Labute approximate surface area is 180 Å². The number of amides is 1. The zero-order chi connectivity index (χ0) is 20.6. The summed E-state index contributed by atoms with van der Waals surface area (Å²) in [6, 6.07) is 13.5. The van der Waals surface area contributed by atoms with Crippen LogP contribution in [-0.4, -0.2) is 46.5 Å². The van der Waals surface area contributed by atoms with Gasteiger partial charge in [0.05, 0.1) is 22.5 Å². The van der Waals surface area contributed by atoms with Gasteiger partial charge in [0.15, 0.2) is 0 Å². The molecule has 4 rings (SSSR count). The van der Waals surface area contributed by atoms with Crippen LogP contribution in [0.2, 0.25) is 0 Å². The molecule has 7 heteroatoms. The minimum atomic E-state index is -0.103. The van der Waals surface area contributed by atoms with Crippen LogP contribution in [0.15, 0.2) is 59.6 Å². The van der Waals surface area contributed by atoms with Crippen LogP contribution in [0, 0.1) is 0 Å². The first-order chi connectivity index (χ1) is 14.8. The van der Waals surface area contributed by atoms with Gasteiger partial charge < -0.3 is 10.1 Å². The number of carbonyl (C=O) groups excluding carboxylic acids is 1. The molecule has 0 spiro atoms. The highest BCUT2D eigenvalue weighted by atomic mass is 32.1. The van der Waals surface area contributed by atoms with Crippen molar-refractivity contribution in [2.45, 2.75) is 31.9 Å². The number of nitrogens with one attached hydrogen (secondary N) is 1. The molecule has 1 amide bonds. The Bertz CT molecular complexity index is 925. The highest BCUT2D eigenvalue weighted by molar-refractivity contribution is 7.07. The summed E-state index contributed by atoms with van der Waals surface area (Å²) in [6.07, 6.45) is 4.56. The fourth-order valence-electron chi connectivity index (χ4n) is 3.60. The number of ether oxygens (including phenoxy) is 1. The predicted molar refractivity (Wildman–Crippen MR) is 118 cm³/mol. The minimum Gasteiger partial charge on any atom is -0.489 e. The van der Waals surface area contributed by atoms with E-state index in [2.05, 4.69) is 26.3 Å². The number of aromatic nitrogens is 2. The zero-order valence-electron chi connectivity index (χ0n) is 16.9. The molecule has 6 nitrogen and oxygen atoms in total. The quantitative estimate of drug-likeness (QED) is 0.601. The van der Waals surface area contributed by atoms with Crippen molar-refractivity contribution in [3.8, 4) is 5.75 Å². The maximum Gasteiger partial charge on any atom is 0.255 e. The Morgan fingerprint density at radius 1 is 1.10 bits per heavy atom. The molecule has 1 saturated heterocycles. The van der Waals surface area contributed by atoms with Crippen molar-refractivity contribution in [3.05, 3.63) is 76.5 Å². The standard InChI is InChI=1S/C23H26N4O2S/c28-23(25-12-8-19-16-30-17-26-19)21-6-1-2-7-22(21)29-20-9-13-27(14-10-20)15-18-5-3-4-11-24-18/h1-7,11,16-17,20H,8-10,12-15H2,(H,25,28). The first kappa shape index (κ1) is 20.5. The van der Waals surface area contributed by atoms with Gasteiger partial charge in [-0.25, -0.2) is 4.98 Å². The second kappa shape index (κ2) is 10.3. The lowest BCUT2D eigenvalue weighted by molar-refractivity contribution is 0.0889. The minimum absolute atomic E-state index is 0.103. The lowest BCUT2D eigenvalue weighted by Gasteiger charge is -2.32. The van der Waals surface area contributed by atoms with E-state index >= 15 is 0 Å². The lowest BCUT2D eigenvalue weighted by Crippen LogP contribution is -2.38. The number of para-hydroxylation sites is 1. The van der Waals surface area contributed by atoms with Gasteiger partial charge in [-0.1, -0.05) is 18.2 Å². The molecule has 1 aromatic carbocycles. The lowest BCUT2D eigenvalue weighted by atomic mass is 10.1. The number of hydrogen-bond donors (Lipinski definition) is 1. The summed E-state index contributed by atoms with van der Waals surface area (Å²) in [5.74, 6) is 0.556. The molecule has 1 aliphatic heterocycles. The third kappa shape index (κ3) is 5.64. The van der Waals surface area contributed by atoms with E-state index in [-0.39, 0.29) is 12.0 Å². The number of benzene rings is 1. The van der Waals surface area contributed by atoms with Crippen LogP contribution < -0.4 is 10.1 Å². The number of piperidine rings is 1. The molecule has 1 fully saturated rings. The number of rotatable bonds is 8. The molecule has 1 aliphatic rings. The molecule has 30 heavy (non-hydrogen) atoms. The van der Waals surface area contributed by atoms with Crippen LogP contribution >= 0.6 is 11.3 Å². The Morgan fingerprint density at radius 2 is 1.93 bits per heavy atom. The van der Waals surface area contributed by atoms with Gasteiger partial charge >= 0.3 is 0 Å². The average molecular weight is 423 g/mol. The van der Waals surface area contributed by atoms with Crippen LogP contribution in [0.3, 0.4) is 0 Å². The van der Waals surface area contributed by atoms with E-state index in [1.807, 2.05) is 53.5 Å². The average Bonchev–Trinajstić information content (AvgIpc) is 3.30. The fraction of sp³-hybridized carbons (Fsp3) is 0.348. The van der Waals surface area contributed by atoms with Gasteiger partial charge in [-0.3, -0.25) is 14.7 Å². The molecule has 0 atom stereocenters. The van der Waals surface area contributed by atoms with Crippen molar-refractivity contribution in [1.82, 2.24) is 20.2 Å². The van der Waals surface area contributed by atoms with Gasteiger partial charge in [0.2, 0.25) is 0 Å². The largest absolute Gasteiger partial charge is 0.489 e. The van der Waals surface area contributed by atoms with Gasteiger partial charge in [-0.15, -0.1) is 11.3 Å². The second-order valence-electron chi connectivity index (χ2n) is 7.40. The van der Waals surface area contributed by atoms with Crippen LogP contribution in [0.25, 0.3) is 0 Å². The van der Waals surface area contributed by atoms with Crippen LogP contribution in [-0.2, 0) is 13.0 Å². The van der Waals surface area contributed by atoms with Crippen molar-refractivity contribution in [1.29, 1.82) is 0 Å².